The van der Waals surface area contributed by atoms with Crippen molar-refractivity contribution in [3.8, 4) is 0 Å². The lowest BCUT2D eigenvalue weighted by Gasteiger charge is -2.01. The third-order valence-electron chi connectivity index (χ3n) is 3.35. The number of benzene rings is 2. The summed E-state index contributed by atoms with van der Waals surface area (Å²) in [6.45, 7) is 0. The second kappa shape index (κ2) is 11.1. The van der Waals surface area contributed by atoms with Crippen molar-refractivity contribution in [2.45, 2.75) is 19.3 Å². The van der Waals surface area contributed by atoms with Crippen LogP contribution in [0.1, 0.15) is 30.4 Å². The Hall–Kier alpha value is -2.70. The number of carbonyl (C=O) groups is 2. The number of carbonyl (C=O) groups excluding carboxylic acids is 2. The van der Waals surface area contributed by atoms with E-state index in [1.54, 1.807) is 48.5 Å². The summed E-state index contributed by atoms with van der Waals surface area (Å²) >= 11 is 11.6. The standard InChI is InChI=1S/C19H18Cl2N4O2/c20-16-8-4-14(5-9-16)12-22-24-18(26)2-1-3-19(27)25-23-13-15-6-10-17(21)11-7-15/h4-13H,1-3H2,(H,24,26)(H,25,27)/b22-12+,23-13?. The molecule has 0 saturated carbocycles. The predicted octanol–water partition coefficient (Wildman–Crippen LogP) is 3.76. The highest BCUT2D eigenvalue weighted by Gasteiger charge is 2.03. The molecule has 2 aromatic carbocycles. The molecule has 0 fully saturated rings. The van der Waals surface area contributed by atoms with E-state index >= 15 is 0 Å². The maximum atomic E-state index is 11.7. The summed E-state index contributed by atoms with van der Waals surface area (Å²) < 4.78 is 0. The third-order valence-corrected chi connectivity index (χ3v) is 3.86. The van der Waals surface area contributed by atoms with E-state index in [-0.39, 0.29) is 24.7 Å². The van der Waals surface area contributed by atoms with Gasteiger partial charge >= 0.3 is 0 Å². The van der Waals surface area contributed by atoms with Gasteiger partial charge in [0.25, 0.3) is 0 Å². The first-order valence-electron chi connectivity index (χ1n) is 8.18. The highest BCUT2D eigenvalue weighted by Crippen LogP contribution is 2.08. The van der Waals surface area contributed by atoms with Gasteiger partial charge in [0.05, 0.1) is 12.4 Å². The van der Waals surface area contributed by atoms with Gasteiger partial charge in [-0.2, -0.15) is 10.2 Å². The van der Waals surface area contributed by atoms with Crippen LogP contribution in [0.2, 0.25) is 10.0 Å². The van der Waals surface area contributed by atoms with Crippen LogP contribution in [0.25, 0.3) is 0 Å². The molecule has 0 unspecified atom stereocenters. The zero-order valence-electron chi connectivity index (χ0n) is 14.4. The van der Waals surface area contributed by atoms with E-state index in [9.17, 15) is 9.59 Å². The number of rotatable bonds is 8. The van der Waals surface area contributed by atoms with E-state index in [0.717, 1.165) is 11.1 Å². The fourth-order valence-electron chi connectivity index (χ4n) is 1.98. The molecular formula is C19H18Cl2N4O2. The third kappa shape index (κ3) is 8.48. The predicted molar refractivity (Wildman–Crippen MR) is 108 cm³/mol. The molecule has 2 aromatic rings. The minimum absolute atomic E-state index is 0.187. The van der Waals surface area contributed by atoms with Crippen molar-refractivity contribution < 1.29 is 9.59 Å². The molecule has 140 valence electrons. The van der Waals surface area contributed by atoms with Gasteiger partial charge in [0.15, 0.2) is 0 Å². The van der Waals surface area contributed by atoms with Gasteiger partial charge in [-0.3, -0.25) is 9.59 Å². The lowest BCUT2D eigenvalue weighted by atomic mass is 10.2. The van der Waals surface area contributed by atoms with Gasteiger partial charge in [0.2, 0.25) is 11.8 Å². The van der Waals surface area contributed by atoms with Gasteiger partial charge in [-0.1, -0.05) is 47.5 Å². The van der Waals surface area contributed by atoms with Gasteiger partial charge in [-0.15, -0.1) is 0 Å². The average Bonchev–Trinajstić information content (AvgIpc) is 2.65. The highest BCUT2D eigenvalue weighted by molar-refractivity contribution is 6.30. The summed E-state index contributed by atoms with van der Waals surface area (Å²) in [5, 5.41) is 8.98. The van der Waals surface area contributed by atoms with Crippen LogP contribution < -0.4 is 10.9 Å². The molecule has 2 N–H and O–H groups in total. The number of hydrogen-bond donors (Lipinski definition) is 2. The summed E-state index contributed by atoms with van der Waals surface area (Å²) in [5.74, 6) is -0.532. The first kappa shape index (κ1) is 20.6. The lowest BCUT2D eigenvalue weighted by molar-refractivity contribution is -0.122. The first-order valence-corrected chi connectivity index (χ1v) is 8.93. The number of hydrogen-bond acceptors (Lipinski definition) is 4. The maximum Gasteiger partial charge on any atom is 0.240 e. The lowest BCUT2D eigenvalue weighted by Crippen LogP contribution is -2.20. The Bertz CT molecular complexity index is 749. The summed E-state index contributed by atoms with van der Waals surface area (Å²) in [7, 11) is 0. The van der Waals surface area contributed by atoms with E-state index in [1.807, 2.05) is 0 Å². The smallest absolute Gasteiger partial charge is 0.240 e. The molecule has 27 heavy (non-hydrogen) atoms. The van der Waals surface area contributed by atoms with E-state index in [0.29, 0.717) is 16.5 Å². The largest absolute Gasteiger partial charge is 0.273 e. The second-order valence-corrected chi connectivity index (χ2v) is 6.42. The van der Waals surface area contributed by atoms with E-state index < -0.39 is 0 Å². The number of halogens is 2. The van der Waals surface area contributed by atoms with Gasteiger partial charge in [0.1, 0.15) is 0 Å². The quantitative estimate of drug-likeness (QED) is 0.518. The van der Waals surface area contributed by atoms with Gasteiger partial charge in [-0.05, 0) is 41.8 Å². The van der Waals surface area contributed by atoms with Gasteiger partial charge in [-0.25, -0.2) is 10.9 Å². The Morgan fingerprint density at radius 2 is 1.11 bits per heavy atom. The Morgan fingerprint density at radius 3 is 1.48 bits per heavy atom. The highest BCUT2D eigenvalue weighted by atomic mass is 35.5. The molecule has 0 spiro atoms. The van der Waals surface area contributed by atoms with Gasteiger partial charge < -0.3 is 0 Å². The fraction of sp³-hybridized carbons (Fsp3) is 0.158. The van der Waals surface area contributed by atoms with Crippen LogP contribution in [0.3, 0.4) is 0 Å². The van der Waals surface area contributed by atoms with Crippen LogP contribution in [-0.4, -0.2) is 24.2 Å². The molecule has 0 atom stereocenters. The zero-order chi connectivity index (χ0) is 19.5. The molecule has 0 radical (unpaired) electrons. The summed E-state index contributed by atoms with van der Waals surface area (Å²) in [4.78, 5) is 23.4. The Kier molecular flexibility index (Phi) is 8.48. The number of amides is 2. The summed E-state index contributed by atoms with van der Waals surface area (Å²) in [5.41, 5.74) is 6.46. The molecule has 6 nitrogen and oxygen atoms in total. The molecule has 0 bridgehead atoms. The minimum Gasteiger partial charge on any atom is -0.273 e. The molecule has 2 amide bonds. The topological polar surface area (TPSA) is 82.9 Å². The van der Waals surface area contributed by atoms with Crippen molar-refractivity contribution >= 4 is 47.4 Å². The van der Waals surface area contributed by atoms with Crippen LogP contribution in [0.15, 0.2) is 58.7 Å². The van der Waals surface area contributed by atoms with Crippen molar-refractivity contribution in [3.63, 3.8) is 0 Å². The molecular weight excluding hydrogens is 387 g/mol. The van der Waals surface area contributed by atoms with Crippen molar-refractivity contribution in [1.29, 1.82) is 0 Å². The van der Waals surface area contributed by atoms with E-state index in [1.165, 1.54) is 12.4 Å². The summed E-state index contributed by atoms with van der Waals surface area (Å²) in [6.07, 6.45) is 3.81. The van der Waals surface area contributed by atoms with Crippen molar-refractivity contribution in [2.75, 3.05) is 0 Å². The number of hydrazone groups is 2. The first-order chi connectivity index (χ1) is 13.0. The normalized spacial score (nSPS) is 11.0. The monoisotopic (exact) mass is 404 g/mol. The second-order valence-electron chi connectivity index (χ2n) is 5.54. The maximum absolute atomic E-state index is 11.7. The van der Waals surface area contributed by atoms with Crippen molar-refractivity contribution in [3.05, 3.63) is 69.7 Å². The SMILES string of the molecule is O=C(CCCC(=O)N/N=C/c1ccc(Cl)cc1)NN=Cc1ccc(Cl)cc1. The molecule has 0 aliphatic carbocycles. The van der Waals surface area contributed by atoms with Crippen molar-refractivity contribution in [1.82, 2.24) is 10.9 Å². The Morgan fingerprint density at radius 1 is 0.741 bits per heavy atom. The number of nitrogens with zero attached hydrogens (tertiary/aromatic N) is 2. The Labute approximate surface area is 167 Å². The Balaban J connectivity index is 1.61. The van der Waals surface area contributed by atoms with E-state index in [4.69, 9.17) is 23.2 Å². The van der Waals surface area contributed by atoms with Crippen LogP contribution in [0.4, 0.5) is 0 Å². The van der Waals surface area contributed by atoms with Crippen molar-refractivity contribution in [2.24, 2.45) is 10.2 Å². The molecule has 2 rings (SSSR count). The summed E-state index contributed by atoms with van der Waals surface area (Å²) in [6, 6.07) is 14.1. The molecule has 0 aliphatic heterocycles. The molecule has 0 saturated heterocycles. The number of nitrogens with one attached hydrogen (secondary N) is 2. The van der Waals surface area contributed by atoms with Gasteiger partial charge in [0, 0.05) is 22.9 Å². The van der Waals surface area contributed by atoms with Crippen LogP contribution in [-0.2, 0) is 9.59 Å². The minimum atomic E-state index is -0.266. The molecule has 0 aliphatic rings. The molecule has 8 heteroatoms. The van der Waals surface area contributed by atoms with Crippen LogP contribution in [0.5, 0.6) is 0 Å². The zero-order valence-corrected chi connectivity index (χ0v) is 15.9. The molecule has 0 aromatic heterocycles. The molecule has 0 heterocycles. The van der Waals surface area contributed by atoms with E-state index in [2.05, 4.69) is 21.1 Å². The van der Waals surface area contributed by atoms with Crippen LogP contribution >= 0.6 is 23.2 Å². The van der Waals surface area contributed by atoms with Crippen LogP contribution in [0, 0.1) is 0 Å². The fourth-order valence-corrected chi connectivity index (χ4v) is 2.23. The average molecular weight is 405 g/mol.